The highest BCUT2D eigenvalue weighted by atomic mass is 35.5. The Hall–Kier alpha value is -1.06. The Morgan fingerprint density at radius 2 is 2.31 bits per heavy atom. The summed E-state index contributed by atoms with van der Waals surface area (Å²) in [4.78, 5) is 10.9. The Bertz CT molecular complexity index is 325. The molecule has 0 aromatic heterocycles. The van der Waals surface area contributed by atoms with Crippen LogP contribution in [0.15, 0.2) is 18.2 Å². The van der Waals surface area contributed by atoms with Crippen molar-refractivity contribution in [2.45, 2.75) is 13.3 Å². The second kappa shape index (κ2) is 4.25. The van der Waals surface area contributed by atoms with E-state index in [1.54, 1.807) is 6.07 Å². The maximum atomic E-state index is 10.9. The van der Waals surface area contributed by atoms with Crippen LogP contribution >= 0.6 is 11.6 Å². The molecule has 0 aliphatic carbocycles. The molecule has 0 bridgehead atoms. The van der Waals surface area contributed by atoms with Crippen LogP contribution < -0.4 is 11.3 Å². The summed E-state index contributed by atoms with van der Waals surface area (Å²) in [6, 6.07) is 5.40. The first-order valence-corrected chi connectivity index (χ1v) is 4.25. The Morgan fingerprint density at radius 3 is 2.85 bits per heavy atom. The molecule has 0 unspecified atom stereocenters. The zero-order valence-corrected chi connectivity index (χ0v) is 8.06. The van der Waals surface area contributed by atoms with Gasteiger partial charge in [-0.15, -0.1) is 0 Å². The fourth-order valence-electron chi connectivity index (χ4n) is 1.08. The smallest absolute Gasteiger partial charge is 0.238 e. The number of hydrazine groups is 1. The highest BCUT2D eigenvalue weighted by Gasteiger charge is 2.04. The minimum absolute atomic E-state index is 0.203. The molecule has 1 aromatic carbocycles. The molecule has 0 spiro atoms. The van der Waals surface area contributed by atoms with Gasteiger partial charge in [-0.25, -0.2) is 5.84 Å². The number of benzene rings is 1. The second-order valence-corrected chi connectivity index (χ2v) is 3.25. The molecule has 0 aliphatic heterocycles. The quantitative estimate of drug-likeness (QED) is 0.426. The summed E-state index contributed by atoms with van der Waals surface area (Å²) in [5.41, 5.74) is 4.02. The average Bonchev–Trinajstić information content (AvgIpc) is 2.09. The van der Waals surface area contributed by atoms with Crippen molar-refractivity contribution < 1.29 is 4.79 Å². The summed E-state index contributed by atoms with van der Waals surface area (Å²) in [7, 11) is 0. The zero-order valence-electron chi connectivity index (χ0n) is 7.30. The molecule has 0 fully saturated rings. The Morgan fingerprint density at radius 1 is 1.62 bits per heavy atom. The van der Waals surface area contributed by atoms with Crippen molar-refractivity contribution in [2.24, 2.45) is 5.84 Å². The maximum absolute atomic E-state index is 10.9. The molecule has 1 aromatic rings. The van der Waals surface area contributed by atoms with Crippen LogP contribution in [-0.2, 0) is 11.2 Å². The third-order valence-corrected chi connectivity index (χ3v) is 2.05. The van der Waals surface area contributed by atoms with Gasteiger partial charge in [-0.3, -0.25) is 10.2 Å². The molecule has 70 valence electrons. The van der Waals surface area contributed by atoms with Crippen molar-refractivity contribution in [1.29, 1.82) is 0 Å². The Kier molecular flexibility index (Phi) is 3.28. The van der Waals surface area contributed by atoms with Crippen LogP contribution in [0.4, 0.5) is 0 Å². The van der Waals surface area contributed by atoms with Gasteiger partial charge in [0.1, 0.15) is 0 Å². The van der Waals surface area contributed by atoms with Crippen LogP contribution in [0.25, 0.3) is 0 Å². The molecule has 0 radical (unpaired) electrons. The number of halogens is 1. The van der Waals surface area contributed by atoms with Crippen molar-refractivity contribution in [1.82, 2.24) is 5.43 Å². The van der Waals surface area contributed by atoms with Gasteiger partial charge in [0.05, 0.1) is 6.42 Å². The molecular weight excluding hydrogens is 188 g/mol. The van der Waals surface area contributed by atoms with Crippen molar-refractivity contribution in [3.63, 3.8) is 0 Å². The molecule has 1 amide bonds. The third-order valence-electron chi connectivity index (χ3n) is 1.82. The first-order chi connectivity index (χ1) is 6.13. The van der Waals surface area contributed by atoms with E-state index in [1.807, 2.05) is 19.1 Å². The van der Waals surface area contributed by atoms with Crippen LogP contribution in [0.1, 0.15) is 11.1 Å². The van der Waals surface area contributed by atoms with Gasteiger partial charge >= 0.3 is 0 Å². The minimum atomic E-state index is -0.203. The lowest BCUT2D eigenvalue weighted by atomic mass is 10.1. The van der Waals surface area contributed by atoms with Gasteiger partial charge in [0.2, 0.25) is 5.91 Å². The topological polar surface area (TPSA) is 55.1 Å². The molecule has 13 heavy (non-hydrogen) atoms. The molecule has 0 aliphatic rings. The van der Waals surface area contributed by atoms with Gasteiger partial charge in [-0.2, -0.15) is 0 Å². The van der Waals surface area contributed by atoms with E-state index in [-0.39, 0.29) is 5.91 Å². The van der Waals surface area contributed by atoms with Gasteiger partial charge in [0, 0.05) is 5.02 Å². The van der Waals surface area contributed by atoms with E-state index >= 15 is 0 Å². The summed E-state index contributed by atoms with van der Waals surface area (Å²) in [6.45, 7) is 1.91. The second-order valence-electron chi connectivity index (χ2n) is 2.82. The highest BCUT2D eigenvalue weighted by molar-refractivity contribution is 6.30. The van der Waals surface area contributed by atoms with Crippen molar-refractivity contribution in [3.8, 4) is 0 Å². The van der Waals surface area contributed by atoms with Gasteiger partial charge in [0.15, 0.2) is 0 Å². The van der Waals surface area contributed by atoms with E-state index in [9.17, 15) is 4.79 Å². The average molecular weight is 199 g/mol. The van der Waals surface area contributed by atoms with E-state index in [0.717, 1.165) is 11.1 Å². The van der Waals surface area contributed by atoms with Crippen molar-refractivity contribution in [2.75, 3.05) is 0 Å². The molecular formula is C9H11ClN2O. The SMILES string of the molecule is Cc1cc(Cl)ccc1CC(=O)NN. The van der Waals surface area contributed by atoms with Gasteiger partial charge in [-0.1, -0.05) is 17.7 Å². The number of rotatable bonds is 2. The molecule has 1 rings (SSSR count). The lowest BCUT2D eigenvalue weighted by Crippen LogP contribution is -2.31. The van der Waals surface area contributed by atoms with E-state index in [0.29, 0.717) is 11.4 Å². The lowest BCUT2D eigenvalue weighted by Gasteiger charge is -2.04. The fraction of sp³-hybridized carbons (Fsp3) is 0.222. The molecule has 0 heterocycles. The Balaban J connectivity index is 2.83. The van der Waals surface area contributed by atoms with Crippen LogP contribution in [0, 0.1) is 6.92 Å². The molecule has 0 saturated carbocycles. The van der Waals surface area contributed by atoms with Crippen LogP contribution in [0.5, 0.6) is 0 Å². The monoisotopic (exact) mass is 198 g/mol. The number of nitrogens with one attached hydrogen (secondary N) is 1. The summed E-state index contributed by atoms with van der Waals surface area (Å²) >= 11 is 5.76. The first-order valence-electron chi connectivity index (χ1n) is 3.88. The van der Waals surface area contributed by atoms with E-state index in [2.05, 4.69) is 5.43 Å². The zero-order chi connectivity index (χ0) is 9.84. The highest BCUT2D eigenvalue weighted by Crippen LogP contribution is 2.15. The lowest BCUT2D eigenvalue weighted by molar-refractivity contribution is -0.120. The van der Waals surface area contributed by atoms with Gasteiger partial charge in [0.25, 0.3) is 0 Å². The number of aryl methyl sites for hydroxylation is 1. The van der Waals surface area contributed by atoms with Crippen LogP contribution in [-0.4, -0.2) is 5.91 Å². The summed E-state index contributed by atoms with van der Waals surface area (Å²) in [5, 5.41) is 0.675. The number of nitrogens with two attached hydrogens (primary N) is 1. The predicted molar refractivity (Wildman–Crippen MR) is 52.2 cm³/mol. The molecule has 3 nitrogen and oxygen atoms in total. The molecule has 3 N–H and O–H groups in total. The van der Waals surface area contributed by atoms with E-state index in [1.165, 1.54) is 0 Å². The number of carbonyl (C=O) groups is 1. The third kappa shape index (κ3) is 2.72. The molecule has 0 atom stereocenters. The summed E-state index contributed by atoms with van der Waals surface area (Å²) in [5.74, 6) is 4.77. The van der Waals surface area contributed by atoms with Crippen LogP contribution in [0.3, 0.4) is 0 Å². The fourth-order valence-corrected chi connectivity index (χ4v) is 1.31. The molecule has 4 heteroatoms. The van der Waals surface area contributed by atoms with Crippen molar-refractivity contribution >= 4 is 17.5 Å². The number of hydrogen-bond donors (Lipinski definition) is 2. The normalized spacial score (nSPS) is 9.77. The van der Waals surface area contributed by atoms with Gasteiger partial charge < -0.3 is 0 Å². The first kappa shape index (κ1) is 10.0. The summed E-state index contributed by atoms with van der Waals surface area (Å²) in [6.07, 6.45) is 0.291. The van der Waals surface area contributed by atoms with Crippen LogP contribution in [0.2, 0.25) is 5.02 Å². The van der Waals surface area contributed by atoms with E-state index < -0.39 is 0 Å². The largest absolute Gasteiger partial charge is 0.294 e. The molecule has 0 saturated heterocycles. The standard InChI is InChI=1S/C9H11ClN2O/c1-6-4-8(10)3-2-7(6)5-9(13)12-11/h2-4H,5,11H2,1H3,(H,12,13). The maximum Gasteiger partial charge on any atom is 0.238 e. The number of carbonyl (C=O) groups excluding carboxylic acids is 1. The van der Waals surface area contributed by atoms with Crippen molar-refractivity contribution in [3.05, 3.63) is 34.3 Å². The number of hydrogen-bond acceptors (Lipinski definition) is 2. The predicted octanol–water partition coefficient (Wildman–Crippen LogP) is 1.18. The number of amides is 1. The van der Waals surface area contributed by atoms with Gasteiger partial charge in [-0.05, 0) is 30.2 Å². The van der Waals surface area contributed by atoms with E-state index in [4.69, 9.17) is 17.4 Å². The Labute approximate surface area is 81.9 Å². The minimum Gasteiger partial charge on any atom is -0.294 e. The summed E-state index contributed by atoms with van der Waals surface area (Å²) < 4.78 is 0.